The van der Waals surface area contributed by atoms with Gasteiger partial charge in [-0.05, 0) is 25.5 Å². The van der Waals surface area contributed by atoms with Gasteiger partial charge in [0.2, 0.25) is 0 Å². The summed E-state index contributed by atoms with van der Waals surface area (Å²) in [4.78, 5) is 0. The van der Waals surface area contributed by atoms with Crippen LogP contribution in [0.2, 0.25) is 0 Å². The zero-order chi connectivity index (χ0) is 13.0. The van der Waals surface area contributed by atoms with Gasteiger partial charge >= 0.3 is 0 Å². The number of fused-ring (bicyclic) bond motifs is 1. The number of hydrogen-bond donors (Lipinski definition) is 1. The Labute approximate surface area is 109 Å². The average Bonchev–Trinajstić information content (AvgIpc) is 2.74. The molecule has 2 atom stereocenters. The van der Waals surface area contributed by atoms with Crippen LogP contribution in [0, 0.1) is 0 Å². The van der Waals surface area contributed by atoms with E-state index in [1.54, 1.807) is 7.11 Å². The van der Waals surface area contributed by atoms with Crippen LogP contribution >= 0.6 is 0 Å². The topological polar surface area (TPSA) is 30.5 Å². The fraction of sp³-hybridized carbons (Fsp3) is 0.600. The molecule has 1 heterocycles. The molecule has 1 aliphatic heterocycles. The number of nitrogens with one attached hydrogen (secondary N) is 1. The lowest BCUT2D eigenvalue weighted by molar-refractivity contribution is 0.173. The highest BCUT2D eigenvalue weighted by molar-refractivity contribution is 5.51. The number of para-hydroxylation sites is 1. The third-order valence-corrected chi connectivity index (χ3v) is 3.39. The van der Waals surface area contributed by atoms with Crippen molar-refractivity contribution in [3.63, 3.8) is 0 Å². The molecule has 1 N–H and O–H groups in total. The quantitative estimate of drug-likeness (QED) is 0.839. The number of methoxy groups -OCH3 is 1. The summed E-state index contributed by atoms with van der Waals surface area (Å²) in [5.74, 6) is 1.77. The average molecular weight is 249 g/mol. The zero-order valence-electron chi connectivity index (χ0n) is 11.5. The van der Waals surface area contributed by atoms with Crippen molar-refractivity contribution < 1.29 is 9.47 Å². The summed E-state index contributed by atoms with van der Waals surface area (Å²) in [5, 5.41) is 3.59. The Bertz CT molecular complexity index is 392. The van der Waals surface area contributed by atoms with Gasteiger partial charge in [-0.3, -0.25) is 0 Å². The fourth-order valence-electron chi connectivity index (χ4n) is 2.54. The monoisotopic (exact) mass is 249 g/mol. The van der Waals surface area contributed by atoms with Crippen LogP contribution in [-0.2, 0) is 0 Å². The van der Waals surface area contributed by atoms with Crippen molar-refractivity contribution in [2.24, 2.45) is 0 Å². The largest absolute Gasteiger partial charge is 0.493 e. The van der Waals surface area contributed by atoms with Crippen LogP contribution in [0.1, 0.15) is 44.7 Å². The van der Waals surface area contributed by atoms with Crippen LogP contribution in [0.15, 0.2) is 18.2 Å². The molecule has 0 bridgehead atoms. The molecule has 0 radical (unpaired) electrons. The number of hydrogen-bond acceptors (Lipinski definition) is 3. The smallest absolute Gasteiger partial charge is 0.166 e. The van der Waals surface area contributed by atoms with Gasteiger partial charge in [-0.15, -0.1) is 0 Å². The maximum Gasteiger partial charge on any atom is 0.166 e. The maximum absolute atomic E-state index is 6.09. The van der Waals surface area contributed by atoms with Crippen LogP contribution in [0.5, 0.6) is 11.5 Å². The molecule has 0 aromatic heterocycles. The first-order valence-corrected chi connectivity index (χ1v) is 6.88. The molecule has 0 amide bonds. The molecule has 0 aliphatic carbocycles. The van der Waals surface area contributed by atoms with Gasteiger partial charge in [-0.2, -0.15) is 0 Å². The van der Waals surface area contributed by atoms with Crippen molar-refractivity contribution in [3.05, 3.63) is 23.8 Å². The van der Waals surface area contributed by atoms with Crippen LogP contribution in [-0.4, -0.2) is 19.8 Å². The normalized spacial score (nSPS) is 21.5. The van der Waals surface area contributed by atoms with E-state index in [1.807, 2.05) is 12.1 Å². The molecule has 0 saturated carbocycles. The lowest BCUT2D eigenvalue weighted by atomic mass is 10.0. The van der Waals surface area contributed by atoms with Gasteiger partial charge in [-0.1, -0.05) is 32.4 Å². The molecular formula is C15H23NO2. The predicted octanol–water partition coefficient (Wildman–Crippen LogP) is 3.30. The van der Waals surface area contributed by atoms with Crippen LogP contribution in [0.25, 0.3) is 0 Å². The van der Waals surface area contributed by atoms with E-state index in [2.05, 4.69) is 25.2 Å². The third kappa shape index (κ3) is 2.46. The van der Waals surface area contributed by atoms with E-state index >= 15 is 0 Å². The van der Waals surface area contributed by atoms with Crippen molar-refractivity contribution in [1.29, 1.82) is 0 Å². The van der Waals surface area contributed by atoms with E-state index in [9.17, 15) is 0 Å². The van der Waals surface area contributed by atoms with Crippen LogP contribution in [0.4, 0.5) is 0 Å². The molecule has 18 heavy (non-hydrogen) atoms. The molecule has 0 spiro atoms. The molecule has 0 saturated heterocycles. The SMILES string of the molecule is CCCNC1c2cccc(OC)c2OC1CCC. The second-order valence-corrected chi connectivity index (χ2v) is 4.76. The first kappa shape index (κ1) is 13.2. The summed E-state index contributed by atoms with van der Waals surface area (Å²) in [6.45, 7) is 5.40. The highest BCUT2D eigenvalue weighted by Gasteiger charge is 2.35. The van der Waals surface area contributed by atoms with E-state index in [1.165, 1.54) is 5.56 Å². The highest BCUT2D eigenvalue weighted by atomic mass is 16.5. The van der Waals surface area contributed by atoms with Gasteiger partial charge in [0.05, 0.1) is 13.2 Å². The lowest BCUT2D eigenvalue weighted by Crippen LogP contribution is -2.31. The maximum atomic E-state index is 6.09. The van der Waals surface area contributed by atoms with Gasteiger partial charge in [0.15, 0.2) is 11.5 Å². The van der Waals surface area contributed by atoms with Crippen LogP contribution < -0.4 is 14.8 Å². The fourth-order valence-corrected chi connectivity index (χ4v) is 2.54. The molecule has 0 fully saturated rings. The Morgan fingerprint density at radius 1 is 1.28 bits per heavy atom. The summed E-state index contributed by atoms with van der Waals surface area (Å²) in [6, 6.07) is 6.44. The van der Waals surface area contributed by atoms with Gasteiger partial charge in [0.25, 0.3) is 0 Å². The molecular weight excluding hydrogens is 226 g/mol. The standard InChI is InChI=1S/C15H23NO2/c1-4-7-12-14(16-10-5-2)11-8-6-9-13(17-3)15(11)18-12/h6,8-9,12,14,16H,4-5,7,10H2,1-3H3. The summed E-state index contributed by atoms with van der Waals surface area (Å²) in [7, 11) is 1.70. The number of rotatable bonds is 6. The summed E-state index contributed by atoms with van der Waals surface area (Å²) in [5.41, 5.74) is 1.24. The minimum Gasteiger partial charge on any atom is -0.493 e. The number of benzene rings is 1. The number of ether oxygens (including phenoxy) is 2. The summed E-state index contributed by atoms with van der Waals surface area (Å²) >= 11 is 0. The molecule has 2 unspecified atom stereocenters. The first-order valence-electron chi connectivity index (χ1n) is 6.88. The van der Waals surface area contributed by atoms with E-state index < -0.39 is 0 Å². The second-order valence-electron chi connectivity index (χ2n) is 4.76. The highest BCUT2D eigenvalue weighted by Crippen LogP contribution is 2.44. The zero-order valence-corrected chi connectivity index (χ0v) is 11.5. The van der Waals surface area contributed by atoms with E-state index in [0.717, 1.165) is 37.3 Å². The van der Waals surface area contributed by atoms with Gasteiger partial charge in [-0.25, -0.2) is 0 Å². The summed E-state index contributed by atoms with van der Waals surface area (Å²) < 4.78 is 11.5. The molecule has 100 valence electrons. The Morgan fingerprint density at radius 2 is 2.11 bits per heavy atom. The predicted molar refractivity (Wildman–Crippen MR) is 73.4 cm³/mol. The summed E-state index contributed by atoms with van der Waals surface area (Å²) in [6.07, 6.45) is 3.56. The second kappa shape index (κ2) is 6.10. The Kier molecular flexibility index (Phi) is 4.48. The molecule has 3 heteroatoms. The van der Waals surface area contributed by atoms with E-state index in [0.29, 0.717) is 6.04 Å². The van der Waals surface area contributed by atoms with Crippen molar-refractivity contribution in [2.75, 3.05) is 13.7 Å². The van der Waals surface area contributed by atoms with Crippen molar-refractivity contribution in [2.45, 2.75) is 45.3 Å². The third-order valence-electron chi connectivity index (χ3n) is 3.39. The molecule has 1 aromatic rings. The van der Waals surface area contributed by atoms with E-state index in [-0.39, 0.29) is 6.10 Å². The van der Waals surface area contributed by atoms with E-state index in [4.69, 9.17) is 9.47 Å². The molecule has 1 aromatic carbocycles. The van der Waals surface area contributed by atoms with Gasteiger partial charge < -0.3 is 14.8 Å². The Morgan fingerprint density at radius 3 is 2.78 bits per heavy atom. The molecule has 2 rings (SSSR count). The minimum atomic E-state index is 0.229. The van der Waals surface area contributed by atoms with Crippen molar-refractivity contribution in [1.82, 2.24) is 5.32 Å². The molecule has 3 nitrogen and oxygen atoms in total. The van der Waals surface area contributed by atoms with Crippen molar-refractivity contribution >= 4 is 0 Å². The molecule has 1 aliphatic rings. The first-order chi connectivity index (χ1) is 8.81. The van der Waals surface area contributed by atoms with Gasteiger partial charge in [0.1, 0.15) is 6.10 Å². The lowest BCUT2D eigenvalue weighted by Gasteiger charge is -2.19. The van der Waals surface area contributed by atoms with Gasteiger partial charge in [0, 0.05) is 5.56 Å². The minimum absolute atomic E-state index is 0.229. The van der Waals surface area contributed by atoms with Crippen molar-refractivity contribution in [3.8, 4) is 11.5 Å². The Balaban J connectivity index is 2.25. The van der Waals surface area contributed by atoms with Crippen LogP contribution in [0.3, 0.4) is 0 Å². The Hall–Kier alpha value is -1.22.